The fourth-order valence-corrected chi connectivity index (χ4v) is 6.15. The van der Waals surface area contributed by atoms with E-state index in [2.05, 4.69) is 16.0 Å². The zero-order chi connectivity index (χ0) is 37.1. The Morgan fingerprint density at radius 3 is 1.96 bits per heavy atom. The number of amides is 5. The zero-order valence-corrected chi connectivity index (χ0v) is 28.1. The largest absolute Gasteiger partial charge is 0.496 e. The number of rotatable bonds is 12. The van der Waals surface area contributed by atoms with Crippen molar-refractivity contribution in [1.82, 2.24) is 21.0 Å². The van der Waals surface area contributed by atoms with E-state index in [0.29, 0.717) is 32.7 Å². The van der Waals surface area contributed by atoms with Crippen molar-refractivity contribution in [2.24, 2.45) is 0 Å². The number of nitrogens with zero attached hydrogens (tertiary/aromatic N) is 1. The first-order valence-electron chi connectivity index (χ1n) is 16.4. The fraction of sp³-hybridized carbons (Fsp3) is 0.294. The maximum absolute atomic E-state index is 14.2. The van der Waals surface area contributed by atoms with Crippen molar-refractivity contribution >= 4 is 60.7 Å². The van der Waals surface area contributed by atoms with E-state index in [1.165, 1.54) is 38.3 Å². The number of methoxy groups -OCH3 is 1. The minimum atomic E-state index is -1.47. The van der Waals surface area contributed by atoms with E-state index >= 15 is 0 Å². The van der Waals surface area contributed by atoms with Crippen LogP contribution in [0.15, 0.2) is 60.7 Å². The van der Waals surface area contributed by atoms with E-state index in [0.717, 1.165) is 0 Å². The number of benzene rings is 3. The van der Waals surface area contributed by atoms with Crippen LogP contribution < -0.4 is 31.6 Å². The first kappa shape index (κ1) is 36.2. The molecule has 3 aromatic carbocycles. The number of hydrogen-bond acceptors (Lipinski definition) is 12. The normalized spacial score (nSPS) is 16.5. The number of ether oxygens (including phenoxy) is 1. The van der Waals surface area contributed by atoms with Gasteiger partial charge in [0, 0.05) is 29.5 Å². The summed E-state index contributed by atoms with van der Waals surface area (Å²) in [5.74, 6) is -4.26. The lowest BCUT2D eigenvalue weighted by atomic mass is 9.78. The molecule has 3 aromatic rings. The van der Waals surface area contributed by atoms with Crippen LogP contribution in [0.25, 0.3) is 0 Å². The second-order valence-electron chi connectivity index (χ2n) is 12.4. The highest BCUT2D eigenvalue weighted by atomic mass is 16.7. The molecule has 5 amide bonds. The molecule has 5 N–H and O–H groups in total. The van der Waals surface area contributed by atoms with Gasteiger partial charge in [0.25, 0.3) is 23.6 Å². The van der Waals surface area contributed by atoms with Crippen LogP contribution in [-0.2, 0) is 46.5 Å². The fourth-order valence-electron chi connectivity index (χ4n) is 6.15. The second-order valence-corrected chi connectivity index (χ2v) is 12.4. The quantitative estimate of drug-likeness (QED) is 0.112. The summed E-state index contributed by atoms with van der Waals surface area (Å²) in [5, 5.41) is 28.9. The average Bonchev–Trinajstić information content (AvgIpc) is 3.81. The van der Waals surface area contributed by atoms with Gasteiger partial charge < -0.3 is 44.9 Å². The van der Waals surface area contributed by atoms with Crippen molar-refractivity contribution in [2.45, 2.75) is 57.5 Å². The van der Waals surface area contributed by atoms with Crippen LogP contribution in [0.5, 0.6) is 5.75 Å². The number of nitrogens with one attached hydrogen (secondary N) is 3. The summed E-state index contributed by atoms with van der Waals surface area (Å²) in [6.07, 6.45) is -0.785. The minimum absolute atomic E-state index is 0.0945. The van der Waals surface area contributed by atoms with E-state index in [1.54, 1.807) is 36.4 Å². The summed E-state index contributed by atoms with van der Waals surface area (Å²) < 4.78 is 15.9. The molecule has 0 aromatic heterocycles. The molecule has 3 heterocycles. The number of para-hydroxylation sites is 1. The van der Waals surface area contributed by atoms with Crippen molar-refractivity contribution in [2.75, 3.05) is 7.11 Å². The summed E-state index contributed by atoms with van der Waals surface area (Å²) in [6.45, 7) is 1.83. The zero-order valence-electron chi connectivity index (χ0n) is 28.1. The summed E-state index contributed by atoms with van der Waals surface area (Å²) >= 11 is 0. The molecule has 0 radical (unpaired) electrons. The number of fused-ring (bicyclic) bond motifs is 2. The molecule has 0 spiro atoms. The third-order valence-electron chi connectivity index (χ3n) is 8.97. The average molecular weight is 712 g/mol. The standard InChI is InChI=1S/C34H34B2N4O12/c1-18(37-32(44)19-7-9-21-16-50-35(47)24(21)13-19)31(39-33(45)20-8-10-22-17-51-36(48)25(22)14-20)34(46)38-26(23-5-3-4-6-27(23)49-2)15-30(43)52-40-28(41)11-12-29(40)42/h3-10,13-14,18,26,31,47-48H,11-12,15-17H2,1-2H3,(H,37,44)(H,38,46)(H,39,45)/t18-,26-,31-/m0/s1. The molecule has 16 nitrogen and oxygen atoms in total. The smallest absolute Gasteiger partial charge is 0.491 e. The van der Waals surface area contributed by atoms with Gasteiger partial charge in [-0.05, 0) is 59.3 Å². The first-order valence-corrected chi connectivity index (χ1v) is 16.4. The lowest BCUT2D eigenvalue weighted by Crippen LogP contribution is -2.58. The summed E-state index contributed by atoms with van der Waals surface area (Å²) in [4.78, 5) is 83.7. The van der Waals surface area contributed by atoms with Gasteiger partial charge in [-0.3, -0.25) is 24.0 Å². The van der Waals surface area contributed by atoms with E-state index in [1.807, 2.05) is 0 Å². The highest BCUT2D eigenvalue weighted by molar-refractivity contribution is 6.62. The molecule has 0 bridgehead atoms. The molecular weight excluding hydrogens is 678 g/mol. The van der Waals surface area contributed by atoms with Crippen molar-refractivity contribution in [3.05, 3.63) is 88.5 Å². The molecule has 3 aliphatic rings. The van der Waals surface area contributed by atoms with Gasteiger partial charge in [-0.25, -0.2) is 4.79 Å². The lowest BCUT2D eigenvalue weighted by Gasteiger charge is -2.28. The van der Waals surface area contributed by atoms with E-state index in [9.17, 15) is 38.8 Å². The Morgan fingerprint density at radius 2 is 1.38 bits per heavy atom. The molecule has 1 fully saturated rings. The Hall–Kier alpha value is -5.55. The van der Waals surface area contributed by atoms with Crippen LogP contribution in [0, 0.1) is 0 Å². The number of hydroxylamine groups is 2. The monoisotopic (exact) mass is 712 g/mol. The third-order valence-corrected chi connectivity index (χ3v) is 8.97. The number of hydrogen-bond donors (Lipinski definition) is 5. The molecule has 3 aliphatic heterocycles. The highest BCUT2D eigenvalue weighted by Gasteiger charge is 2.37. The Balaban J connectivity index is 1.27. The van der Waals surface area contributed by atoms with Gasteiger partial charge in [0.05, 0.1) is 38.8 Å². The number of carbonyl (C=O) groups excluding carboxylic acids is 6. The van der Waals surface area contributed by atoms with Crippen LogP contribution in [-0.4, -0.2) is 84.0 Å². The van der Waals surface area contributed by atoms with Gasteiger partial charge in [-0.2, -0.15) is 0 Å². The van der Waals surface area contributed by atoms with Crippen molar-refractivity contribution in [3.63, 3.8) is 0 Å². The Kier molecular flexibility index (Phi) is 10.7. The van der Waals surface area contributed by atoms with E-state index < -0.39 is 74.3 Å². The molecule has 1 saturated heterocycles. The molecule has 52 heavy (non-hydrogen) atoms. The van der Waals surface area contributed by atoms with Gasteiger partial charge >= 0.3 is 20.2 Å². The predicted octanol–water partition coefficient (Wildman–Crippen LogP) is -1.10. The molecule has 0 unspecified atom stereocenters. The van der Waals surface area contributed by atoms with Crippen LogP contribution in [0.4, 0.5) is 0 Å². The maximum atomic E-state index is 14.2. The molecule has 0 aliphatic carbocycles. The SMILES string of the molecule is COc1ccccc1[C@H](CC(=O)ON1C(=O)CCC1=O)NC(=O)[C@@H](NC(=O)c1ccc2c(c1)B(O)OC2)[C@H](C)NC(=O)c1ccc2c(c1)B(O)OC2. The Labute approximate surface area is 298 Å². The Bertz CT molecular complexity index is 1930. The predicted molar refractivity (Wildman–Crippen MR) is 182 cm³/mol. The molecule has 6 rings (SSSR count). The lowest BCUT2D eigenvalue weighted by molar-refractivity contribution is -0.197. The van der Waals surface area contributed by atoms with E-state index in [4.69, 9.17) is 18.9 Å². The first-order chi connectivity index (χ1) is 24.9. The van der Waals surface area contributed by atoms with Gasteiger partial charge in [-0.1, -0.05) is 30.3 Å². The summed E-state index contributed by atoms with van der Waals surface area (Å²) in [7, 11) is -1.04. The van der Waals surface area contributed by atoms with Gasteiger partial charge in [0.15, 0.2) is 0 Å². The number of imide groups is 1. The summed E-state index contributed by atoms with van der Waals surface area (Å²) in [6, 6.07) is 12.0. The van der Waals surface area contributed by atoms with E-state index in [-0.39, 0.29) is 42.9 Å². The van der Waals surface area contributed by atoms with Gasteiger partial charge in [0.2, 0.25) is 5.91 Å². The molecular formula is C34H34B2N4O12. The third kappa shape index (κ3) is 7.69. The minimum Gasteiger partial charge on any atom is -0.496 e. The molecule has 268 valence electrons. The molecule has 18 heteroatoms. The Morgan fingerprint density at radius 1 is 0.827 bits per heavy atom. The topological polar surface area (TPSA) is 219 Å². The van der Waals surface area contributed by atoms with Crippen molar-refractivity contribution in [1.29, 1.82) is 0 Å². The van der Waals surface area contributed by atoms with Crippen LogP contribution in [0.3, 0.4) is 0 Å². The van der Waals surface area contributed by atoms with Crippen LogP contribution >= 0.6 is 0 Å². The maximum Gasteiger partial charge on any atom is 0.491 e. The molecule has 3 atom stereocenters. The van der Waals surface area contributed by atoms with Crippen LogP contribution in [0.2, 0.25) is 0 Å². The summed E-state index contributed by atoms with van der Waals surface area (Å²) in [5.41, 5.74) is 2.81. The molecule has 0 saturated carbocycles. The van der Waals surface area contributed by atoms with Crippen molar-refractivity contribution < 1.29 is 57.7 Å². The van der Waals surface area contributed by atoms with Gasteiger partial charge in [-0.15, -0.1) is 5.06 Å². The van der Waals surface area contributed by atoms with Crippen molar-refractivity contribution in [3.8, 4) is 5.75 Å². The second kappa shape index (κ2) is 15.4. The van der Waals surface area contributed by atoms with Crippen LogP contribution in [0.1, 0.15) is 69.6 Å². The highest BCUT2D eigenvalue weighted by Crippen LogP contribution is 2.28. The number of carbonyl (C=O) groups is 6. The van der Waals surface area contributed by atoms with Gasteiger partial charge in [0.1, 0.15) is 11.8 Å².